The smallest absolute Gasteiger partial charge is 0.294 e. The lowest BCUT2D eigenvalue weighted by atomic mass is 9.72. The van der Waals surface area contributed by atoms with Gasteiger partial charge in [-0.2, -0.15) is 5.10 Å². The summed E-state index contributed by atoms with van der Waals surface area (Å²) in [6.07, 6.45) is 5.32. The van der Waals surface area contributed by atoms with Gasteiger partial charge >= 0.3 is 0 Å². The highest BCUT2D eigenvalue weighted by atomic mass is 32.1. The van der Waals surface area contributed by atoms with Gasteiger partial charge in [0.15, 0.2) is 5.01 Å². The Morgan fingerprint density at radius 2 is 1.97 bits per heavy atom. The SMILES string of the molecule is Cc1ccn(-c2ccc(-c3nnc(OC4CC5CC(C)C(C)C(C4)N5C)s3)c(O)c2)n1. The predicted octanol–water partition coefficient (Wildman–Crippen LogP) is 4.29. The van der Waals surface area contributed by atoms with Crippen LogP contribution in [0.15, 0.2) is 30.5 Å². The molecular formula is C23H29N5O2S. The molecule has 164 valence electrons. The van der Waals surface area contributed by atoms with E-state index in [0.717, 1.165) is 30.1 Å². The number of benzene rings is 1. The van der Waals surface area contributed by atoms with Crippen molar-refractivity contribution >= 4 is 11.3 Å². The highest BCUT2D eigenvalue weighted by molar-refractivity contribution is 7.16. The molecule has 5 unspecified atom stereocenters. The van der Waals surface area contributed by atoms with Crippen molar-refractivity contribution in [3.63, 3.8) is 0 Å². The minimum atomic E-state index is 0.157. The summed E-state index contributed by atoms with van der Waals surface area (Å²) in [5, 5.41) is 24.8. The minimum absolute atomic E-state index is 0.157. The van der Waals surface area contributed by atoms with Crippen LogP contribution in [0.3, 0.4) is 0 Å². The van der Waals surface area contributed by atoms with E-state index in [1.54, 1.807) is 10.7 Å². The lowest BCUT2D eigenvalue weighted by Crippen LogP contribution is -2.57. The first-order chi connectivity index (χ1) is 14.9. The van der Waals surface area contributed by atoms with Crippen LogP contribution in [-0.2, 0) is 0 Å². The number of aromatic hydroxyl groups is 1. The standard InChI is InChI=1S/C23H29N5O2S/c1-13-9-17-10-18(12-20(15(13)3)27(17)4)30-23-25-24-22(31-23)19-6-5-16(11-21(19)29)28-8-7-14(2)26-28/h5-8,11,13,15,17-18,20,29H,9-10,12H2,1-4H3. The molecule has 4 heterocycles. The zero-order valence-corrected chi connectivity index (χ0v) is 19.2. The summed E-state index contributed by atoms with van der Waals surface area (Å²) in [5.74, 6) is 1.59. The van der Waals surface area contributed by atoms with Crippen molar-refractivity contribution in [1.29, 1.82) is 0 Å². The van der Waals surface area contributed by atoms with Gasteiger partial charge in [0, 0.05) is 30.8 Å². The Labute approximate surface area is 186 Å². The van der Waals surface area contributed by atoms with Gasteiger partial charge < -0.3 is 9.84 Å². The second-order valence-electron chi connectivity index (χ2n) is 9.15. The van der Waals surface area contributed by atoms with Gasteiger partial charge in [0.25, 0.3) is 5.19 Å². The van der Waals surface area contributed by atoms with Crippen molar-refractivity contribution in [2.75, 3.05) is 7.05 Å². The molecule has 2 aliphatic heterocycles. The van der Waals surface area contributed by atoms with Crippen LogP contribution in [0.2, 0.25) is 0 Å². The van der Waals surface area contributed by atoms with Gasteiger partial charge in [-0.05, 0) is 56.8 Å². The van der Waals surface area contributed by atoms with Gasteiger partial charge in [-0.25, -0.2) is 4.68 Å². The Balaban J connectivity index is 1.31. The number of hydrogen-bond acceptors (Lipinski definition) is 7. The number of aromatic nitrogens is 4. The fourth-order valence-electron chi connectivity index (χ4n) is 5.15. The molecule has 2 fully saturated rings. The highest BCUT2D eigenvalue weighted by Gasteiger charge is 2.43. The molecule has 5 rings (SSSR count). The average Bonchev–Trinajstić information content (AvgIpc) is 3.37. The molecule has 0 aliphatic carbocycles. The molecule has 2 bridgehead atoms. The van der Waals surface area contributed by atoms with E-state index in [1.807, 2.05) is 31.3 Å². The highest BCUT2D eigenvalue weighted by Crippen LogP contribution is 2.41. The van der Waals surface area contributed by atoms with Gasteiger partial charge in [0.1, 0.15) is 11.9 Å². The van der Waals surface area contributed by atoms with Crippen molar-refractivity contribution in [2.24, 2.45) is 11.8 Å². The van der Waals surface area contributed by atoms with Crippen LogP contribution in [-0.4, -0.2) is 55.2 Å². The summed E-state index contributed by atoms with van der Waals surface area (Å²) in [6, 6.07) is 8.54. The molecule has 1 aromatic carbocycles. The van der Waals surface area contributed by atoms with Crippen LogP contribution >= 0.6 is 11.3 Å². The fourth-order valence-corrected chi connectivity index (χ4v) is 5.95. The van der Waals surface area contributed by atoms with E-state index in [2.05, 4.69) is 41.1 Å². The first kappa shape index (κ1) is 20.5. The maximum Gasteiger partial charge on any atom is 0.294 e. The summed E-state index contributed by atoms with van der Waals surface area (Å²) < 4.78 is 8.03. The summed E-state index contributed by atoms with van der Waals surface area (Å²) in [7, 11) is 2.26. The molecule has 8 heteroatoms. The van der Waals surface area contributed by atoms with E-state index in [-0.39, 0.29) is 11.9 Å². The van der Waals surface area contributed by atoms with E-state index in [9.17, 15) is 5.11 Å². The second-order valence-corrected chi connectivity index (χ2v) is 10.1. The fraction of sp³-hybridized carbons (Fsp3) is 0.522. The molecule has 2 aromatic heterocycles. The Kier molecular flexibility index (Phi) is 5.22. The maximum absolute atomic E-state index is 10.6. The number of piperidine rings is 2. The topological polar surface area (TPSA) is 76.3 Å². The Hall–Kier alpha value is -2.45. The summed E-state index contributed by atoms with van der Waals surface area (Å²) in [4.78, 5) is 2.55. The van der Waals surface area contributed by atoms with E-state index in [0.29, 0.717) is 33.8 Å². The number of phenolic OH excluding ortho intramolecular Hbond substituents is 1. The van der Waals surface area contributed by atoms with Crippen molar-refractivity contribution in [2.45, 2.75) is 58.2 Å². The Morgan fingerprint density at radius 1 is 1.13 bits per heavy atom. The van der Waals surface area contributed by atoms with Crippen LogP contribution in [0.4, 0.5) is 0 Å². The summed E-state index contributed by atoms with van der Waals surface area (Å²) >= 11 is 1.39. The Morgan fingerprint density at radius 3 is 2.71 bits per heavy atom. The molecule has 0 amide bonds. The number of phenols is 1. The zero-order chi connectivity index (χ0) is 21.7. The average molecular weight is 440 g/mol. The third-order valence-electron chi connectivity index (χ3n) is 7.16. The first-order valence-corrected chi connectivity index (χ1v) is 11.8. The molecule has 31 heavy (non-hydrogen) atoms. The number of ether oxygens (including phenoxy) is 1. The number of rotatable bonds is 4. The third kappa shape index (κ3) is 3.83. The van der Waals surface area contributed by atoms with Gasteiger partial charge in [-0.15, -0.1) is 5.10 Å². The number of hydrogen-bond donors (Lipinski definition) is 1. The van der Waals surface area contributed by atoms with Gasteiger partial charge in [-0.3, -0.25) is 4.90 Å². The van der Waals surface area contributed by atoms with Gasteiger partial charge in [0.05, 0.1) is 16.9 Å². The van der Waals surface area contributed by atoms with E-state index in [1.165, 1.54) is 17.8 Å². The van der Waals surface area contributed by atoms with E-state index in [4.69, 9.17) is 4.74 Å². The molecule has 3 aromatic rings. The number of aryl methyl sites for hydroxylation is 1. The molecule has 7 nitrogen and oxygen atoms in total. The zero-order valence-electron chi connectivity index (χ0n) is 18.4. The molecule has 2 saturated heterocycles. The van der Waals surface area contributed by atoms with Gasteiger partial charge in [0.2, 0.25) is 0 Å². The van der Waals surface area contributed by atoms with Crippen LogP contribution in [0.25, 0.3) is 16.3 Å². The lowest BCUT2D eigenvalue weighted by molar-refractivity contribution is -0.0463. The first-order valence-electron chi connectivity index (χ1n) is 11.0. The van der Waals surface area contributed by atoms with E-state index < -0.39 is 0 Å². The van der Waals surface area contributed by atoms with E-state index >= 15 is 0 Å². The molecule has 1 N–H and O–H groups in total. The summed E-state index contributed by atoms with van der Waals surface area (Å²) in [6.45, 7) is 6.68. The monoisotopic (exact) mass is 439 g/mol. The molecule has 0 spiro atoms. The van der Waals surface area contributed by atoms with Gasteiger partial charge in [-0.1, -0.05) is 30.3 Å². The minimum Gasteiger partial charge on any atom is -0.507 e. The molecule has 5 atom stereocenters. The van der Waals surface area contributed by atoms with Crippen LogP contribution in [0.5, 0.6) is 10.9 Å². The maximum atomic E-state index is 10.6. The van der Waals surface area contributed by atoms with Crippen LogP contribution in [0, 0.1) is 18.8 Å². The largest absolute Gasteiger partial charge is 0.507 e. The van der Waals surface area contributed by atoms with Crippen molar-refractivity contribution in [3.8, 4) is 27.2 Å². The Bertz CT molecular complexity index is 1080. The second kappa shape index (κ2) is 7.91. The lowest BCUT2D eigenvalue weighted by Gasteiger charge is -2.52. The van der Waals surface area contributed by atoms with Crippen LogP contribution in [0.1, 0.15) is 38.8 Å². The number of fused-ring (bicyclic) bond motifs is 2. The van der Waals surface area contributed by atoms with Crippen LogP contribution < -0.4 is 4.74 Å². The molecular weight excluding hydrogens is 410 g/mol. The van der Waals surface area contributed by atoms with Crippen molar-refractivity contribution in [1.82, 2.24) is 24.9 Å². The quantitative estimate of drug-likeness (QED) is 0.654. The predicted molar refractivity (Wildman–Crippen MR) is 121 cm³/mol. The van der Waals surface area contributed by atoms with Crippen molar-refractivity contribution < 1.29 is 9.84 Å². The number of nitrogens with zero attached hydrogens (tertiary/aromatic N) is 5. The normalized spacial score (nSPS) is 28.6. The molecule has 2 aliphatic rings. The molecule has 0 radical (unpaired) electrons. The summed E-state index contributed by atoms with van der Waals surface area (Å²) in [5.41, 5.74) is 2.38. The third-order valence-corrected chi connectivity index (χ3v) is 8.01. The molecule has 0 saturated carbocycles. The van der Waals surface area contributed by atoms with Crippen molar-refractivity contribution in [3.05, 3.63) is 36.2 Å².